The van der Waals surface area contributed by atoms with E-state index in [4.69, 9.17) is 5.26 Å². The van der Waals surface area contributed by atoms with Crippen LogP contribution in [0.3, 0.4) is 0 Å². The molecule has 21 heavy (non-hydrogen) atoms. The number of rotatable bonds is 6. The van der Waals surface area contributed by atoms with Crippen molar-refractivity contribution in [2.75, 3.05) is 11.9 Å². The number of benzene rings is 1. The number of nitriles is 1. The van der Waals surface area contributed by atoms with Crippen molar-refractivity contribution in [1.82, 2.24) is 10.2 Å². The number of nitrogens with zero attached hydrogens (tertiary/aromatic N) is 3. The number of anilines is 1. The molecule has 0 fully saturated rings. The highest BCUT2D eigenvalue weighted by Gasteiger charge is 2.14. The third kappa shape index (κ3) is 4.55. The Morgan fingerprint density at radius 2 is 1.95 bits per heavy atom. The van der Waals surface area contributed by atoms with Gasteiger partial charge in [0.2, 0.25) is 0 Å². The highest BCUT2D eigenvalue weighted by molar-refractivity contribution is 5.36. The average Bonchev–Trinajstić information content (AvgIpc) is 2.52. The van der Waals surface area contributed by atoms with Crippen LogP contribution >= 0.6 is 0 Å². The molecule has 1 aromatic heterocycles. The molecule has 1 aromatic carbocycles. The fraction of sp³-hybridized carbons (Fsp3) is 0.312. The summed E-state index contributed by atoms with van der Waals surface area (Å²) in [5.74, 6) is 0.809. The third-order valence-electron chi connectivity index (χ3n) is 3.21. The van der Waals surface area contributed by atoms with Gasteiger partial charge in [-0.3, -0.25) is 0 Å². The van der Waals surface area contributed by atoms with Crippen LogP contribution in [0.2, 0.25) is 0 Å². The number of hydrogen-bond acceptors (Lipinski definition) is 5. The first-order valence-electron chi connectivity index (χ1n) is 6.89. The van der Waals surface area contributed by atoms with Crippen molar-refractivity contribution < 1.29 is 5.11 Å². The molecular weight excluding hydrogens is 264 g/mol. The highest BCUT2D eigenvalue weighted by Crippen LogP contribution is 2.21. The van der Waals surface area contributed by atoms with Crippen LogP contribution in [0.5, 0.6) is 0 Å². The van der Waals surface area contributed by atoms with Crippen LogP contribution in [0, 0.1) is 11.3 Å². The summed E-state index contributed by atoms with van der Waals surface area (Å²) in [6.07, 6.45) is 0.296. The zero-order chi connectivity index (χ0) is 15.1. The lowest BCUT2D eigenvalue weighted by atomic mass is 9.93. The van der Waals surface area contributed by atoms with E-state index in [2.05, 4.69) is 27.6 Å². The predicted octanol–water partition coefficient (Wildman–Crippen LogP) is 2.31. The van der Waals surface area contributed by atoms with E-state index in [-0.39, 0.29) is 12.0 Å². The molecule has 0 saturated carbocycles. The molecule has 108 valence electrons. The fourth-order valence-electron chi connectivity index (χ4n) is 2.19. The zero-order valence-electron chi connectivity index (χ0n) is 11.9. The van der Waals surface area contributed by atoms with Crippen molar-refractivity contribution in [3.05, 3.63) is 53.7 Å². The lowest BCUT2D eigenvalue weighted by molar-refractivity contribution is 0.175. The van der Waals surface area contributed by atoms with Gasteiger partial charge in [-0.15, -0.1) is 10.2 Å². The second-order valence-corrected chi connectivity index (χ2v) is 4.99. The van der Waals surface area contributed by atoms with Crippen molar-refractivity contribution in [3.8, 4) is 6.07 Å². The minimum absolute atomic E-state index is 0.184. The molecular formula is C16H18N4O. The summed E-state index contributed by atoms with van der Waals surface area (Å²) in [4.78, 5) is 0. The molecule has 5 nitrogen and oxygen atoms in total. The molecule has 2 aromatic rings. The van der Waals surface area contributed by atoms with Crippen LogP contribution in [0.25, 0.3) is 0 Å². The highest BCUT2D eigenvalue weighted by atomic mass is 16.3. The Balaban J connectivity index is 2.03. The van der Waals surface area contributed by atoms with Gasteiger partial charge < -0.3 is 10.4 Å². The second-order valence-electron chi connectivity index (χ2n) is 4.99. The van der Waals surface area contributed by atoms with Crippen molar-refractivity contribution in [3.63, 3.8) is 0 Å². The molecule has 1 heterocycles. The van der Waals surface area contributed by atoms with Crippen LogP contribution in [0.15, 0.2) is 42.5 Å². The van der Waals surface area contributed by atoms with Gasteiger partial charge in [0.05, 0.1) is 6.10 Å². The van der Waals surface area contributed by atoms with E-state index in [1.54, 1.807) is 19.1 Å². The molecule has 0 radical (unpaired) electrons. The normalized spacial score (nSPS) is 13.2. The van der Waals surface area contributed by atoms with E-state index in [1.165, 1.54) is 5.56 Å². The second kappa shape index (κ2) is 7.36. The predicted molar refractivity (Wildman–Crippen MR) is 80.7 cm³/mol. The van der Waals surface area contributed by atoms with Gasteiger partial charge in [0.25, 0.3) is 0 Å². The molecule has 0 saturated heterocycles. The van der Waals surface area contributed by atoms with Crippen molar-refractivity contribution >= 4 is 5.82 Å². The van der Waals surface area contributed by atoms with Gasteiger partial charge in [-0.05, 0) is 31.0 Å². The van der Waals surface area contributed by atoms with Crippen molar-refractivity contribution in [1.29, 1.82) is 5.26 Å². The summed E-state index contributed by atoms with van der Waals surface area (Å²) >= 11 is 0. The quantitative estimate of drug-likeness (QED) is 0.849. The monoisotopic (exact) mass is 282 g/mol. The van der Waals surface area contributed by atoms with Gasteiger partial charge in [0.15, 0.2) is 5.69 Å². The van der Waals surface area contributed by atoms with E-state index in [0.717, 1.165) is 0 Å². The molecule has 0 aliphatic rings. The van der Waals surface area contributed by atoms with Gasteiger partial charge in [-0.25, -0.2) is 0 Å². The van der Waals surface area contributed by atoms with E-state index in [1.807, 2.05) is 24.3 Å². The Morgan fingerprint density at radius 1 is 1.19 bits per heavy atom. The zero-order valence-corrected chi connectivity index (χ0v) is 11.9. The summed E-state index contributed by atoms with van der Waals surface area (Å²) in [5, 5.41) is 29.3. The minimum atomic E-state index is -0.371. The first kappa shape index (κ1) is 14.9. The summed E-state index contributed by atoms with van der Waals surface area (Å²) in [7, 11) is 0. The van der Waals surface area contributed by atoms with E-state index in [0.29, 0.717) is 24.5 Å². The largest absolute Gasteiger partial charge is 0.393 e. The van der Waals surface area contributed by atoms with Crippen LogP contribution in [0.1, 0.15) is 30.5 Å². The van der Waals surface area contributed by atoms with Crippen molar-refractivity contribution in [2.24, 2.45) is 0 Å². The maximum absolute atomic E-state index is 9.66. The smallest absolute Gasteiger partial charge is 0.163 e. The van der Waals surface area contributed by atoms with Crippen LogP contribution in [0.4, 0.5) is 5.82 Å². The molecule has 0 amide bonds. The summed E-state index contributed by atoms with van der Waals surface area (Å²) < 4.78 is 0. The standard InChI is InChI=1S/C16H18N4O/c1-12(21)9-14(13-5-3-2-4-6-13)11-18-16-8-7-15(10-17)19-20-16/h2-8,12,14,21H,9,11H2,1H3,(H,18,20). The first-order valence-corrected chi connectivity index (χ1v) is 6.89. The van der Waals surface area contributed by atoms with Gasteiger partial charge in [0, 0.05) is 12.5 Å². The lowest BCUT2D eigenvalue weighted by Crippen LogP contribution is -2.18. The topological polar surface area (TPSA) is 81.8 Å². The number of aliphatic hydroxyl groups is 1. The Hall–Kier alpha value is -2.45. The van der Waals surface area contributed by atoms with Gasteiger partial charge in [-0.1, -0.05) is 30.3 Å². The number of hydrogen-bond donors (Lipinski definition) is 2. The fourth-order valence-corrected chi connectivity index (χ4v) is 2.19. The molecule has 0 spiro atoms. The molecule has 2 atom stereocenters. The molecule has 2 unspecified atom stereocenters. The number of nitrogens with one attached hydrogen (secondary N) is 1. The van der Waals surface area contributed by atoms with Crippen LogP contribution in [-0.2, 0) is 0 Å². The summed E-state index contributed by atoms with van der Waals surface area (Å²) in [6.45, 7) is 2.44. The van der Waals surface area contributed by atoms with E-state index >= 15 is 0 Å². The third-order valence-corrected chi connectivity index (χ3v) is 3.21. The van der Waals surface area contributed by atoms with Gasteiger partial charge in [-0.2, -0.15) is 5.26 Å². The molecule has 5 heteroatoms. The van der Waals surface area contributed by atoms with E-state index < -0.39 is 0 Å². The maximum atomic E-state index is 9.66. The Kier molecular flexibility index (Phi) is 5.24. The Morgan fingerprint density at radius 3 is 2.52 bits per heavy atom. The molecule has 0 aliphatic heterocycles. The molecule has 2 N–H and O–H groups in total. The summed E-state index contributed by atoms with van der Waals surface area (Å²) in [5.41, 5.74) is 1.47. The summed E-state index contributed by atoms with van der Waals surface area (Å²) in [6, 6.07) is 15.4. The molecule has 0 aliphatic carbocycles. The Bertz CT molecular complexity index is 590. The molecule has 2 rings (SSSR count). The first-order chi connectivity index (χ1) is 10.2. The molecule has 0 bridgehead atoms. The van der Waals surface area contributed by atoms with Crippen LogP contribution in [-0.4, -0.2) is 28.0 Å². The van der Waals surface area contributed by atoms with E-state index in [9.17, 15) is 5.11 Å². The SMILES string of the molecule is CC(O)CC(CNc1ccc(C#N)nn1)c1ccccc1. The average molecular weight is 282 g/mol. The van der Waals surface area contributed by atoms with Crippen molar-refractivity contribution in [2.45, 2.75) is 25.4 Å². The number of aromatic nitrogens is 2. The van der Waals surface area contributed by atoms with Gasteiger partial charge >= 0.3 is 0 Å². The number of aliphatic hydroxyl groups excluding tert-OH is 1. The maximum Gasteiger partial charge on any atom is 0.163 e. The van der Waals surface area contributed by atoms with Crippen LogP contribution < -0.4 is 5.32 Å². The Labute approximate surface area is 124 Å². The van der Waals surface area contributed by atoms with Gasteiger partial charge in [0.1, 0.15) is 11.9 Å². The minimum Gasteiger partial charge on any atom is -0.393 e. The lowest BCUT2D eigenvalue weighted by Gasteiger charge is -2.19.